The van der Waals surface area contributed by atoms with Gasteiger partial charge in [-0.15, -0.1) is 5.92 Å². The first kappa shape index (κ1) is 10.3. The van der Waals surface area contributed by atoms with Gasteiger partial charge >= 0.3 is 0 Å². The molecule has 0 aliphatic carbocycles. The summed E-state index contributed by atoms with van der Waals surface area (Å²) in [7, 11) is 0. The molecule has 0 unspecified atom stereocenters. The Morgan fingerprint density at radius 3 is 2.79 bits per heavy atom. The molecular formula is C13H13N. The van der Waals surface area contributed by atoms with Crippen LogP contribution in [0, 0.1) is 18.8 Å². The lowest BCUT2D eigenvalue weighted by atomic mass is 9.99. The molecule has 1 aromatic heterocycles. The standard InChI is InChI=1S/C13H13N/c1-5-7-10(3)13-11(4)8-14-9-12(13)6-2/h6,8-9H,2-3H2,1,4H3. The van der Waals surface area contributed by atoms with E-state index in [0.29, 0.717) is 0 Å². The lowest BCUT2D eigenvalue weighted by molar-refractivity contribution is 1.24. The second-order valence-corrected chi connectivity index (χ2v) is 2.98. The molecule has 0 saturated heterocycles. The van der Waals surface area contributed by atoms with Crippen molar-refractivity contribution in [2.45, 2.75) is 13.8 Å². The fraction of sp³-hybridized carbons (Fsp3) is 0.154. The minimum absolute atomic E-state index is 0.822. The predicted molar refractivity (Wildman–Crippen MR) is 61.5 cm³/mol. The van der Waals surface area contributed by atoms with Crippen LogP contribution in [0.4, 0.5) is 0 Å². The fourth-order valence-corrected chi connectivity index (χ4v) is 1.37. The third-order valence-corrected chi connectivity index (χ3v) is 1.96. The number of nitrogens with zero attached hydrogens (tertiary/aromatic N) is 1. The molecule has 0 aliphatic heterocycles. The maximum atomic E-state index is 4.10. The monoisotopic (exact) mass is 183 g/mol. The van der Waals surface area contributed by atoms with Crippen LogP contribution in [-0.2, 0) is 0 Å². The van der Waals surface area contributed by atoms with Crippen molar-refractivity contribution < 1.29 is 0 Å². The lowest BCUT2D eigenvalue weighted by Gasteiger charge is -2.07. The zero-order valence-electron chi connectivity index (χ0n) is 8.59. The molecule has 0 bridgehead atoms. The van der Waals surface area contributed by atoms with Gasteiger partial charge in [-0.05, 0) is 19.4 Å². The van der Waals surface area contributed by atoms with E-state index in [-0.39, 0.29) is 0 Å². The minimum atomic E-state index is 0.822. The molecule has 0 aliphatic rings. The van der Waals surface area contributed by atoms with E-state index in [1.165, 1.54) is 0 Å². The van der Waals surface area contributed by atoms with Crippen molar-refractivity contribution in [3.05, 3.63) is 42.2 Å². The molecular weight excluding hydrogens is 170 g/mol. The predicted octanol–water partition coefficient (Wildman–Crippen LogP) is 3.07. The van der Waals surface area contributed by atoms with Crippen LogP contribution in [0.1, 0.15) is 23.6 Å². The molecule has 14 heavy (non-hydrogen) atoms. The van der Waals surface area contributed by atoms with E-state index in [1.807, 2.05) is 13.1 Å². The van der Waals surface area contributed by atoms with Gasteiger partial charge in [0.05, 0.1) is 0 Å². The average Bonchev–Trinajstić information content (AvgIpc) is 2.17. The molecule has 70 valence electrons. The maximum absolute atomic E-state index is 4.10. The number of pyridine rings is 1. The van der Waals surface area contributed by atoms with E-state index in [9.17, 15) is 0 Å². The van der Waals surface area contributed by atoms with Crippen molar-refractivity contribution in [3.63, 3.8) is 0 Å². The zero-order chi connectivity index (χ0) is 10.6. The van der Waals surface area contributed by atoms with Gasteiger partial charge in [0.2, 0.25) is 0 Å². The number of hydrogen-bond donors (Lipinski definition) is 0. The quantitative estimate of drug-likeness (QED) is 0.642. The van der Waals surface area contributed by atoms with E-state index in [1.54, 1.807) is 19.2 Å². The molecule has 0 N–H and O–H groups in total. The Hall–Kier alpha value is -1.81. The highest BCUT2D eigenvalue weighted by molar-refractivity contribution is 5.83. The van der Waals surface area contributed by atoms with Crippen molar-refractivity contribution in [3.8, 4) is 11.8 Å². The summed E-state index contributed by atoms with van der Waals surface area (Å²) in [5.74, 6) is 5.80. The van der Waals surface area contributed by atoms with Crippen LogP contribution in [-0.4, -0.2) is 4.98 Å². The van der Waals surface area contributed by atoms with Crippen molar-refractivity contribution >= 4 is 11.6 Å². The molecule has 1 rings (SSSR count). The first-order valence-electron chi connectivity index (χ1n) is 4.39. The SMILES string of the molecule is C=Cc1cncc(C)c1C(=C)C#CC. The van der Waals surface area contributed by atoms with Gasteiger partial charge in [0.15, 0.2) is 0 Å². The molecule has 0 fully saturated rings. The van der Waals surface area contributed by atoms with Crippen molar-refractivity contribution in [1.29, 1.82) is 0 Å². The number of hydrogen-bond acceptors (Lipinski definition) is 1. The number of rotatable bonds is 2. The molecule has 0 aromatic carbocycles. The van der Waals surface area contributed by atoms with Crippen LogP contribution < -0.4 is 0 Å². The van der Waals surface area contributed by atoms with Crippen LogP contribution in [0.15, 0.2) is 25.6 Å². The van der Waals surface area contributed by atoms with Crippen molar-refractivity contribution in [2.24, 2.45) is 0 Å². The Morgan fingerprint density at radius 1 is 1.50 bits per heavy atom. The summed E-state index contributed by atoms with van der Waals surface area (Å²) in [6, 6.07) is 0. The third kappa shape index (κ3) is 1.92. The largest absolute Gasteiger partial charge is 0.264 e. The minimum Gasteiger partial charge on any atom is -0.264 e. The van der Waals surface area contributed by atoms with Crippen LogP contribution in [0.2, 0.25) is 0 Å². The average molecular weight is 183 g/mol. The second-order valence-electron chi connectivity index (χ2n) is 2.98. The normalized spacial score (nSPS) is 8.71. The highest BCUT2D eigenvalue weighted by Gasteiger charge is 2.05. The highest BCUT2D eigenvalue weighted by atomic mass is 14.6. The van der Waals surface area contributed by atoms with Gasteiger partial charge in [-0.25, -0.2) is 0 Å². The smallest absolute Gasteiger partial charge is 0.0346 e. The summed E-state index contributed by atoms with van der Waals surface area (Å²) in [5.41, 5.74) is 3.93. The number of allylic oxidation sites excluding steroid dienone is 1. The van der Waals surface area contributed by atoms with Crippen LogP contribution in [0.25, 0.3) is 11.6 Å². The zero-order valence-corrected chi connectivity index (χ0v) is 8.59. The first-order valence-corrected chi connectivity index (χ1v) is 4.39. The Morgan fingerprint density at radius 2 is 2.21 bits per heavy atom. The lowest BCUT2D eigenvalue weighted by Crippen LogP contribution is -1.92. The Bertz CT molecular complexity index is 430. The number of aryl methyl sites for hydroxylation is 1. The van der Waals surface area contributed by atoms with Gasteiger partial charge in [0.1, 0.15) is 0 Å². The molecule has 1 heteroatoms. The van der Waals surface area contributed by atoms with E-state index in [2.05, 4.69) is 30.0 Å². The molecule has 1 aromatic rings. The Balaban J connectivity index is 3.35. The van der Waals surface area contributed by atoms with E-state index in [0.717, 1.165) is 22.3 Å². The van der Waals surface area contributed by atoms with Gasteiger partial charge in [0, 0.05) is 29.1 Å². The summed E-state index contributed by atoms with van der Waals surface area (Å²) in [6.07, 6.45) is 5.36. The van der Waals surface area contributed by atoms with Crippen molar-refractivity contribution in [2.75, 3.05) is 0 Å². The molecule has 1 heterocycles. The van der Waals surface area contributed by atoms with Gasteiger partial charge in [-0.1, -0.05) is 25.2 Å². The topological polar surface area (TPSA) is 12.9 Å². The van der Waals surface area contributed by atoms with E-state index < -0.39 is 0 Å². The van der Waals surface area contributed by atoms with Gasteiger partial charge in [0.25, 0.3) is 0 Å². The fourth-order valence-electron chi connectivity index (χ4n) is 1.37. The van der Waals surface area contributed by atoms with E-state index >= 15 is 0 Å². The summed E-state index contributed by atoms with van der Waals surface area (Å²) in [4.78, 5) is 4.10. The summed E-state index contributed by atoms with van der Waals surface area (Å²) >= 11 is 0. The number of aromatic nitrogens is 1. The van der Waals surface area contributed by atoms with E-state index in [4.69, 9.17) is 0 Å². The van der Waals surface area contributed by atoms with Gasteiger partial charge < -0.3 is 0 Å². The molecule has 0 radical (unpaired) electrons. The Labute approximate surface area is 85.2 Å². The third-order valence-electron chi connectivity index (χ3n) is 1.96. The molecule has 0 atom stereocenters. The van der Waals surface area contributed by atoms with Crippen LogP contribution >= 0.6 is 0 Å². The van der Waals surface area contributed by atoms with Crippen molar-refractivity contribution in [1.82, 2.24) is 4.98 Å². The summed E-state index contributed by atoms with van der Waals surface area (Å²) in [6.45, 7) is 11.5. The molecule has 0 spiro atoms. The van der Waals surface area contributed by atoms with Crippen LogP contribution in [0.3, 0.4) is 0 Å². The molecule has 0 saturated carbocycles. The summed E-state index contributed by atoms with van der Waals surface area (Å²) < 4.78 is 0. The van der Waals surface area contributed by atoms with Gasteiger partial charge in [-0.3, -0.25) is 4.98 Å². The molecule has 0 amide bonds. The Kier molecular flexibility index (Phi) is 3.25. The van der Waals surface area contributed by atoms with Gasteiger partial charge in [-0.2, -0.15) is 0 Å². The highest BCUT2D eigenvalue weighted by Crippen LogP contribution is 2.21. The molecule has 1 nitrogen and oxygen atoms in total. The maximum Gasteiger partial charge on any atom is 0.0346 e. The first-order chi connectivity index (χ1) is 6.70. The second kappa shape index (κ2) is 4.43. The summed E-state index contributed by atoms with van der Waals surface area (Å²) in [5, 5.41) is 0. The van der Waals surface area contributed by atoms with Crippen LogP contribution in [0.5, 0.6) is 0 Å².